The van der Waals surface area contributed by atoms with E-state index >= 15 is 0 Å². The molecule has 10 nitrogen and oxygen atoms in total. The average Bonchev–Trinajstić information content (AvgIpc) is 2.50. The molecule has 1 saturated heterocycles. The monoisotopic (exact) mass is 391 g/mol. The summed E-state index contributed by atoms with van der Waals surface area (Å²) in [5, 5.41) is 0.616. The fraction of sp³-hybridized carbons (Fsp3) is 0.385. The number of carbonyl (C=O) groups is 2. The molecule has 138 valence electrons. The fourth-order valence-corrected chi connectivity index (χ4v) is 4.21. The van der Waals surface area contributed by atoms with Crippen molar-refractivity contribution in [2.75, 3.05) is 20.6 Å². The van der Waals surface area contributed by atoms with Crippen LogP contribution in [-0.2, 0) is 29.9 Å². The van der Waals surface area contributed by atoms with E-state index in [9.17, 15) is 26.4 Å². The van der Waals surface area contributed by atoms with Crippen LogP contribution in [0.2, 0.25) is 0 Å². The van der Waals surface area contributed by atoms with Crippen LogP contribution in [0.1, 0.15) is 10.8 Å². The molecule has 0 saturated carbocycles. The first kappa shape index (κ1) is 19.3. The van der Waals surface area contributed by atoms with Gasteiger partial charge in [0.1, 0.15) is 6.04 Å². The highest BCUT2D eigenvalue weighted by Gasteiger charge is 2.46. The second-order valence-corrected chi connectivity index (χ2v) is 9.09. The second-order valence-electron chi connectivity index (χ2n) is 5.53. The van der Waals surface area contributed by atoms with Gasteiger partial charge in [0.05, 0.1) is 6.54 Å². The maximum atomic E-state index is 12.5. The maximum absolute atomic E-state index is 12.5. The molecule has 2 amide bonds. The number of carbonyl (C=O) groups excluding carboxylic acids is 2. The standard InChI is InChI=1S/C13H17N3O7S2/c1-15(2)24(19,20)11(9-6-4-3-5-7-9)12(17)14-10-8-16(13(10)18)25(21,22)23/h3-7,10-11H,8H2,1-2H3,(H,14,17)(H,21,22,23). The van der Waals surface area contributed by atoms with E-state index in [2.05, 4.69) is 5.32 Å². The molecule has 0 aromatic heterocycles. The summed E-state index contributed by atoms with van der Waals surface area (Å²) in [4.78, 5) is 24.2. The van der Waals surface area contributed by atoms with Crippen molar-refractivity contribution in [3.05, 3.63) is 35.9 Å². The van der Waals surface area contributed by atoms with Crippen LogP contribution in [-0.4, -0.2) is 68.5 Å². The first-order chi connectivity index (χ1) is 11.5. The van der Waals surface area contributed by atoms with Gasteiger partial charge in [-0.25, -0.2) is 17.0 Å². The van der Waals surface area contributed by atoms with Gasteiger partial charge in [-0.2, -0.15) is 8.42 Å². The molecule has 1 aliphatic rings. The molecule has 2 unspecified atom stereocenters. The topological polar surface area (TPSA) is 141 Å². The van der Waals surface area contributed by atoms with Gasteiger partial charge >= 0.3 is 10.3 Å². The zero-order valence-electron chi connectivity index (χ0n) is 13.4. The molecule has 2 rings (SSSR count). The van der Waals surface area contributed by atoms with Gasteiger partial charge in [-0.15, -0.1) is 0 Å². The number of sulfonamides is 1. The van der Waals surface area contributed by atoms with Crippen molar-refractivity contribution < 1.29 is 31.0 Å². The van der Waals surface area contributed by atoms with E-state index < -0.39 is 50.0 Å². The van der Waals surface area contributed by atoms with Crippen LogP contribution < -0.4 is 5.32 Å². The van der Waals surface area contributed by atoms with Crippen molar-refractivity contribution in [2.24, 2.45) is 0 Å². The molecular weight excluding hydrogens is 374 g/mol. The van der Waals surface area contributed by atoms with Gasteiger partial charge in [-0.05, 0) is 5.56 Å². The SMILES string of the molecule is CN(C)S(=O)(=O)C(C(=O)NC1CN(S(=O)(=O)O)C1=O)c1ccccc1. The summed E-state index contributed by atoms with van der Waals surface area (Å²) in [6.45, 7) is -0.465. The summed E-state index contributed by atoms with van der Waals surface area (Å²) in [7, 11) is -6.20. The molecule has 2 N–H and O–H groups in total. The Balaban J connectivity index is 2.25. The third kappa shape index (κ3) is 3.81. The van der Waals surface area contributed by atoms with Crippen LogP contribution in [0, 0.1) is 0 Å². The summed E-state index contributed by atoms with van der Waals surface area (Å²) in [6.07, 6.45) is 0. The number of rotatable bonds is 6. The van der Waals surface area contributed by atoms with E-state index in [4.69, 9.17) is 4.55 Å². The van der Waals surface area contributed by atoms with Crippen LogP contribution in [0.3, 0.4) is 0 Å². The van der Waals surface area contributed by atoms with Crippen LogP contribution in [0.4, 0.5) is 0 Å². The van der Waals surface area contributed by atoms with Crippen LogP contribution in [0.15, 0.2) is 30.3 Å². The Hall–Kier alpha value is -2.02. The lowest BCUT2D eigenvalue weighted by Gasteiger charge is -2.36. The molecule has 1 heterocycles. The van der Waals surface area contributed by atoms with Gasteiger partial charge < -0.3 is 5.32 Å². The van der Waals surface area contributed by atoms with Gasteiger partial charge in [0, 0.05) is 14.1 Å². The number of nitrogens with zero attached hydrogens (tertiary/aromatic N) is 2. The largest absolute Gasteiger partial charge is 0.362 e. The Bertz CT molecular complexity index is 881. The van der Waals surface area contributed by atoms with Gasteiger partial charge in [0.2, 0.25) is 15.9 Å². The van der Waals surface area contributed by atoms with Crippen molar-refractivity contribution in [1.82, 2.24) is 13.9 Å². The third-order valence-corrected chi connectivity index (χ3v) is 6.62. The molecule has 25 heavy (non-hydrogen) atoms. The quantitative estimate of drug-likeness (QED) is 0.456. The summed E-state index contributed by atoms with van der Waals surface area (Å²) < 4.78 is 56.7. The van der Waals surface area contributed by atoms with E-state index in [-0.39, 0.29) is 9.87 Å². The molecule has 1 aromatic rings. The van der Waals surface area contributed by atoms with Crippen LogP contribution >= 0.6 is 0 Å². The molecule has 0 aliphatic carbocycles. The minimum atomic E-state index is -4.69. The summed E-state index contributed by atoms with van der Waals surface area (Å²) in [5.41, 5.74) is 0.201. The van der Waals surface area contributed by atoms with E-state index in [0.29, 0.717) is 0 Å². The molecule has 12 heteroatoms. The van der Waals surface area contributed by atoms with Crippen LogP contribution in [0.5, 0.6) is 0 Å². The van der Waals surface area contributed by atoms with E-state index in [1.54, 1.807) is 18.2 Å². The molecule has 1 aromatic carbocycles. The number of hydrogen-bond acceptors (Lipinski definition) is 6. The molecular formula is C13H17N3O7S2. The normalized spacial score (nSPS) is 19.4. The van der Waals surface area contributed by atoms with E-state index in [1.807, 2.05) is 0 Å². The molecule has 0 bridgehead atoms. The maximum Gasteiger partial charge on any atom is 0.362 e. The Morgan fingerprint density at radius 2 is 1.80 bits per heavy atom. The lowest BCUT2D eigenvalue weighted by molar-refractivity contribution is -0.140. The van der Waals surface area contributed by atoms with Gasteiger partial charge in [-0.3, -0.25) is 14.1 Å². The molecule has 0 radical (unpaired) electrons. The molecule has 2 atom stereocenters. The minimum Gasteiger partial charge on any atom is -0.341 e. The highest BCUT2D eigenvalue weighted by molar-refractivity contribution is 7.90. The van der Waals surface area contributed by atoms with Crippen molar-refractivity contribution in [3.8, 4) is 0 Å². The van der Waals surface area contributed by atoms with Gasteiger partial charge in [0.15, 0.2) is 5.25 Å². The second kappa shape index (κ2) is 6.71. The first-order valence-corrected chi connectivity index (χ1v) is 9.92. The molecule has 0 spiro atoms. The lowest BCUT2D eigenvalue weighted by Crippen LogP contribution is -2.65. The Kier molecular flexibility index (Phi) is 5.18. The number of nitrogens with one attached hydrogen (secondary N) is 1. The van der Waals surface area contributed by atoms with Crippen LogP contribution in [0.25, 0.3) is 0 Å². The third-order valence-electron chi connectivity index (χ3n) is 3.63. The Labute approximate surface area is 145 Å². The predicted octanol–water partition coefficient (Wildman–Crippen LogP) is -1.25. The smallest absolute Gasteiger partial charge is 0.341 e. The lowest BCUT2D eigenvalue weighted by atomic mass is 10.1. The van der Waals surface area contributed by atoms with Crippen molar-refractivity contribution >= 4 is 32.1 Å². The number of β-lactam (4-membered cyclic amide) rings is 1. The highest BCUT2D eigenvalue weighted by atomic mass is 32.2. The summed E-state index contributed by atoms with van der Waals surface area (Å²) in [6, 6.07) is 6.47. The van der Waals surface area contributed by atoms with E-state index in [1.165, 1.54) is 26.2 Å². The van der Waals surface area contributed by atoms with Gasteiger partial charge in [-0.1, -0.05) is 30.3 Å². The zero-order valence-corrected chi connectivity index (χ0v) is 15.0. The summed E-state index contributed by atoms with van der Waals surface area (Å²) >= 11 is 0. The average molecular weight is 391 g/mol. The van der Waals surface area contributed by atoms with Crippen molar-refractivity contribution in [2.45, 2.75) is 11.3 Å². The number of benzene rings is 1. The fourth-order valence-electron chi connectivity index (χ4n) is 2.26. The summed E-state index contributed by atoms with van der Waals surface area (Å²) in [5.74, 6) is -2.00. The van der Waals surface area contributed by atoms with Gasteiger partial charge in [0.25, 0.3) is 5.91 Å². The minimum absolute atomic E-state index is 0.177. The first-order valence-electron chi connectivity index (χ1n) is 7.02. The number of hydrogen-bond donors (Lipinski definition) is 2. The predicted molar refractivity (Wildman–Crippen MR) is 87.0 cm³/mol. The molecule has 1 fully saturated rings. The Morgan fingerprint density at radius 3 is 2.24 bits per heavy atom. The van der Waals surface area contributed by atoms with Crippen molar-refractivity contribution in [1.29, 1.82) is 0 Å². The molecule has 1 aliphatic heterocycles. The zero-order chi connectivity index (χ0) is 19.0. The highest BCUT2D eigenvalue weighted by Crippen LogP contribution is 2.25. The van der Waals surface area contributed by atoms with E-state index in [0.717, 1.165) is 4.31 Å². The Morgan fingerprint density at radius 1 is 1.24 bits per heavy atom. The van der Waals surface area contributed by atoms with Crippen molar-refractivity contribution in [3.63, 3.8) is 0 Å². The number of amides is 2.